The maximum absolute atomic E-state index is 12.8. The Hall–Kier alpha value is -2.58. The molecule has 1 saturated heterocycles. The number of carbonyl (C=O) groups excluding carboxylic acids is 1. The van der Waals surface area contributed by atoms with Crippen LogP contribution in [0.1, 0.15) is 54.0 Å². The van der Waals surface area contributed by atoms with Crippen LogP contribution in [0.5, 0.6) is 11.5 Å². The Morgan fingerprint density at radius 2 is 1.70 bits per heavy atom. The van der Waals surface area contributed by atoms with Crippen LogP contribution < -0.4 is 9.47 Å². The molecule has 5 rings (SSSR count). The number of hydrogen-bond donors (Lipinski definition) is 0. The van der Waals surface area contributed by atoms with Gasteiger partial charge in [0.15, 0.2) is 17.2 Å². The molecule has 0 spiro atoms. The molecule has 2 aromatic rings. The third-order valence-corrected chi connectivity index (χ3v) is 7.05. The maximum Gasteiger partial charge on any atom is 0.275 e. The Labute approximate surface area is 195 Å². The average molecular weight is 455 g/mol. The largest absolute Gasteiger partial charge is 0.486 e. The highest BCUT2D eigenvalue weighted by Crippen LogP contribution is 2.31. The number of aromatic nitrogens is 1. The summed E-state index contributed by atoms with van der Waals surface area (Å²) in [6.07, 6.45) is 7.37. The number of nitrogens with zero attached hydrogens (tertiary/aromatic N) is 4. The van der Waals surface area contributed by atoms with E-state index < -0.39 is 0 Å². The molecule has 2 aliphatic heterocycles. The Balaban J connectivity index is 1.10. The fourth-order valence-corrected chi connectivity index (χ4v) is 5.04. The molecule has 0 radical (unpaired) electrons. The summed E-state index contributed by atoms with van der Waals surface area (Å²) in [5, 5.41) is 0. The Bertz CT molecular complexity index is 948. The summed E-state index contributed by atoms with van der Waals surface area (Å²) in [4.78, 5) is 24.0. The van der Waals surface area contributed by atoms with E-state index in [1.165, 1.54) is 31.1 Å². The lowest BCUT2D eigenvalue weighted by atomic mass is 9.94. The first-order chi connectivity index (χ1) is 16.2. The van der Waals surface area contributed by atoms with Gasteiger partial charge in [-0.1, -0.05) is 25.3 Å². The lowest BCUT2D eigenvalue weighted by Crippen LogP contribution is -2.45. The first kappa shape index (κ1) is 22.2. The van der Waals surface area contributed by atoms with Crippen LogP contribution in [-0.4, -0.2) is 78.1 Å². The zero-order valence-corrected chi connectivity index (χ0v) is 19.5. The van der Waals surface area contributed by atoms with Crippen LogP contribution in [0.4, 0.5) is 0 Å². The van der Waals surface area contributed by atoms with Gasteiger partial charge < -0.3 is 18.8 Å². The summed E-state index contributed by atoms with van der Waals surface area (Å²) in [6.45, 7) is 6.60. The fourth-order valence-electron chi connectivity index (χ4n) is 5.04. The molecular formula is C25H34N4O4. The average Bonchev–Trinajstić information content (AvgIpc) is 3.33. The van der Waals surface area contributed by atoms with Gasteiger partial charge in [-0.25, -0.2) is 4.98 Å². The number of hydrogen-bond acceptors (Lipinski definition) is 7. The Kier molecular flexibility index (Phi) is 6.83. The van der Waals surface area contributed by atoms with E-state index in [2.05, 4.69) is 26.9 Å². The number of piperazine rings is 1. The van der Waals surface area contributed by atoms with Crippen molar-refractivity contribution in [1.29, 1.82) is 0 Å². The Morgan fingerprint density at radius 1 is 1.00 bits per heavy atom. The molecule has 3 heterocycles. The van der Waals surface area contributed by atoms with Crippen molar-refractivity contribution >= 4 is 5.91 Å². The van der Waals surface area contributed by atoms with E-state index in [0.717, 1.165) is 57.1 Å². The second-order valence-electron chi connectivity index (χ2n) is 9.36. The standard InChI is InChI=1S/C25H34N4O4/c1-27(20-5-3-2-4-6-20)25(30)21-18-33-24(26-21)17-29-11-9-28(10-12-29)16-19-7-8-22-23(15-19)32-14-13-31-22/h7-8,15,18,20H,2-6,9-14,16-17H2,1H3. The number of carbonyl (C=O) groups is 1. The highest BCUT2D eigenvalue weighted by Gasteiger charge is 2.26. The van der Waals surface area contributed by atoms with Gasteiger partial charge in [-0.2, -0.15) is 0 Å². The molecule has 1 aromatic carbocycles. The smallest absolute Gasteiger partial charge is 0.275 e. The molecular weight excluding hydrogens is 420 g/mol. The molecule has 1 aliphatic carbocycles. The molecule has 0 bridgehead atoms. The van der Waals surface area contributed by atoms with Crippen molar-refractivity contribution in [2.45, 2.75) is 51.2 Å². The monoisotopic (exact) mass is 454 g/mol. The number of benzene rings is 1. The zero-order valence-electron chi connectivity index (χ0n) is 19.5. The van der Waals surface area contributed by atoms with Gasteiger partial charge >= 0.3 is 0 Å². The van der Waals surface area contributed by atoms with E-state index in [1.54, 1.807) is 0 Å². The quantitative estimate of drug-likeness (QED) is 0.664. The summed E-state index contributed by atoms with van der Waals surface area (Å²) in [6, 6.07) is 6.55. The normalized spacial score (nSPS) is 20.0. The molecule has 0 unspecified atom stereocenters. The van der Waals surface area contributed by atoms with Crippen molar-refractivity contribution in [1.82, 2.24) is 19.7 Å². The summed E-state index contributed by atoms with van der Waals surface area (Å²) >= 11 is 0. The van der Waals surface area contributed by atoms with E-state index in [1.807, 2.05) is 18.0 Å². The lowest BCUT2D eigenvalue weighted by molar-refractivity contribution is 0.0690. The molecule has 8 nitrogen and oxygen atoms in total. The fraction of sp³-hybridized carbons (Fsp3) is 0.600. The number of oxazole rings is 1. The number of amides is 1. The van der Waals surface area contributed by atoms with Gasteiger partial charge in [-0.15, -0.1) is 0 Å². The first-order valence-electron chi connectivity index (χ1n) is 12.2. The van der Waals surface area contributed by atoms with E-state index in [-0.39, 0.29) is 5.91 Å². The van der Waals surface area contributed by atoms with Gasteiger partial charge in [0.1, 0.15) is 19.5 Å². The summed E-state index contributed by atoms with van der Waals surface area (Å²) in [7, 11) is 1.90. The SMILES string of the molecule is CN(C(=O)c1coc(CN2CCN(Cc3ccc4c(c3)OCCO4)CC2)n1)C1CCCCC1. The van der Waals surface area contributed by atoms with Gasteiger partial charge in [0.05, 0.1) is 6.54 Å². The first-order valence-corrected chi connectivity index (χ1v) is 12.2. The van der Waals surface area contributed by atoms with Crippen molar-refractivity contribution < 1.29 is 18.7 Å². The van der Waals surface area contributed by atoms with Crippen molar-refractivity contribution in [2.75, 3.05) is 46.4 Å². The third-order valence-electron chi connectivity index (χ3n) is 7.05. The van der Waals surface area contributed by atoms with Crippen LogP contribution in [0.15, 0.2) is 28.9 Å². The van der Waals surface area contributed by atoms with E-state index in [4.69, 9.17) is 13.9 Å². The minimum absolute atomic E-state index is 0.0267. The molecule has 0 N–H and O–H groups in total. The number of ether oxygens (including phenoxy) is 2. The second-order valence-corrected chi connectivity index (χ2v) is 9.36. The van der Waals surface area contributed by atoms with Crippen LogP contribution >= 0.6 is 0 Å². The number of fused-ring (bicyclic) bond motifs is 1. The van der Waals surface area contributed by atoms with Gasteiger partial charge in [0.25, 0.3) is 5.91 Å². The van der Waals surface area contributed by atoms with Gasteiger partial charge in [0, 0.05) is 45.8 Å². The maximum atomic E-state index is 12.8. The van der Waals surface area contributed by atoms with E-state index >= 15 is 0 Å². The van der Waals surface area contributed by atoms with Crippen LogP contribution in [0.3, 0.4) is 0 Å². The zero-order chi connectivity index (χ0) is 22.6. The predicted octanol–water partition coefficient (Wildman–Crippen LogP) is 3.17. The molecule has 3 aliphatic rings. The highest BCUT2D eigenvalue weighted by molar-refractivity contribution is 5.92. The third kappa shape index (κ3) is 5.33. The molecule has 0 atom stereocenters. The van der Waals surface area contributed by atoms with E-state index in [9.17, 15) is 4.79 Å². The van der Waals surface area contributed by atoms with Crippen LogP contribution in [0.25, 0.3) is 0 Å². The lowest BCUT2D eigenvalue weighted by Gasteiger charge is -2.34. The molecule has 1 amide bonds. The molecule has 178 valence electrons. The molecule has 1 aromatic heterocycles. The van der Waals surface area contributed by atoms with Crippen LogP contribution in [0, 0.1) is 0 Å². The highest BCUT2D eigenvalue weighted by atomic mass is 16.6. The van der Waals surface area contributed by atoms with Crippen molar-refractivity contribution in [3.63, 3.8) is 0 Å². The molecule has 8 heteroatoms. The molecule has 33 heavy (non-hydrogen) atoms. The van der Waals surface area contributed by atoms with Gasteiger partial charge in [0.2, 0.25) is 5.89 Å². The molecule has 1 saturated carbocycles. The minimum atomic E-state index is -0.0267. The van der Waals surface area contributed by atoms with Crippen molar-refractivity contribution in [3.8, 4) is 11.5 Å². The number of rotatable bonds is 6. The van der Waals surface area contributed by atoms with Gasteiger partial charge in [-0.3, -0.25) is 14.6 Å². The minimum Gasteiger partial charge on any atom is -0.486 e. The van der Waals surface area contributed by atoms with Crippen LogP contribution in [-0.2, 0) is 13.1 Å². The summed E-state index contributed by atoms with van der Waals surface area (Å²) < 4.78 is 17.0. The topological polar surface area (TPSA) is 71.3 Å². The van der Waals surface area contributed by atoms with Crippen molar-refractivity contribution in [3.05, 3.63) is 41.6 Å². The Morgan fingerprint density at radius 3 is 2.45 bits per heavy atom. The van der Waals surface area contributed by atoms with E-state index in [0.29, 0.717) is 37.4 Å². The van der Waals surface area contributed by atoms with Gasteiger partial charge in [-0.05, 0) is 30.5 Å². The second kappa shape index (κ2) is 10.1. The summed E-state index contributed by atoms with van der Waals surface area (Å²) in [5.74, 6) is 2.28. The molecule has 2 fully saturated rings. The van der Waals surface area contributed by atoms with Crippen LogP contribution in [0.2, 0.25) is 0 Å². The predicted molar refractivity (Wildman–Crippen MR) is 123 cm³/mol. The van der Waals surface area contributed by atoms with Crippen molar-refractivity contribution in [2.24, 2.45) is 0 Å². The summed E-state index contributed by atoms with van der Waals surface area (Å²) in [5.41, 5.74) is 1.67.